The number of ketones is 1. The monoisotopic (exact) mass is 499 g/mol. The van der Waals surface area contributed by atoms with Gasteiger partial charge in [0.25, 0.3) is 0 Å². The van der Waals surface area contributed by atoms with Gasteiger partial charge in [0.05, 0.1) is 18.6 Å². The van der Waals surface area contributed by atoms with Crippen molar-refractivity contribution in [2.24, 2.45) is 5.41 Å². The van der Waals surface area contributed by atoms with Crippen molar-refractivity contribution in [2.75, 3.05) is 7.11 Å². The van der Waals surface area contributed by atoms with E-state index >= 15 is 0 Å². The van der Waals surface area contributed by atoms with E-state index in [4.69, 9.17) is 13.9 Å². The van der Waals surface area contributed by atoms with Gasteiger partial charge in [-0.2, -0.15) is 0 Å². The van der Waals surface area contributed by atoms with Gasteiger partial charge in [-0.1, -0.05) is 35.8 Å². The van der Waals surface area contributed by atoms with Gasteiger partial charge in [-0.3, -0.25) is 4.79 Å². The summed E-state index contributed by atoms with van der Waals surface area (Å²) in [6.45, 7) is 6.20. The van der Waals surface area contributed by atoms with Crippen LogP contribution in [0, 0.1) is 5.41 Å². The van der Waals surface area contributed by atoms with Crippen molar-refractivity contribution in [1.29, 1.82) is 0 Å². The molecule has 6 nitrogen and oxygen atoms in total. The number of carbonyl (C=O) groups excluding carboxylic acids is 2. The van der Waals surface area contributed by atoms with Crippen LogP contribution in [-0.2, 0) is 20.9 Å². The van der Waals surface area contributed by atoms with E-state index in [9.17, 15) is 9.59 Å². The van der Waals surface area contributed by atoms with E-state index in [1.165, 1.54) is 7.11 Å². The Kier molecular flexibility index (Phi) is 6.03. The van der Waals surface area contributed by atoms with Gasteiger partial charge in [0, 0.05) is 27.9 Å². The number of allylic oxidation sites excluding steroid dienone is 3. The van der Waals surface area contributed by atoms with Gasteiger partial charge >= 0.3 is 5.97 Å². The van der Waals surface area contributed by atoms with Gasteiger partial charge in [0.2, 0.25) is 0 Å². The Morgan fingerprint density at radius 1 is 1.25 bits per heavy atom. The summed E-state index contributed by atoms with van der Waals surface area (Å²) in [6, 6.07) is 11.2. The van der Waals surface area contributed by atoms with Crippen molar-refractivity contribution < 1.29 is 23.5 Å². The minimum absolute atomic E-state index is 0.0194. The fourth-order valence-electron chi connectivity index (χ4n) is 4.44. The average molecular weight is 500 g/mol. The second kappa shape index (κ2) is 8.62. The Hall–Kier alpha value is -2.80. The summed E-state index contributed by atoms with van der Waals surface area (Å²) in [5.74, 6) is 0.769. The lowest BCUT2D eigenvalue weighted by molar-refractivity contribution is -0.136. The molecule has 2 aromatic rings. The number of carbonyl (C=O) groups is 2. The first kappa shape index (κ1) is 22.4. The number of methoxy groups -OCH3 is 1. The molecule has 2 aliphatic rings. The summed E-state index contributed by atoms with van der Waals surface area (Å²) in [4.78, 5) is 25.9. The summed E-state index contributed by atoms with van der Waals surface area (Å²) in [6.07, 6.45) is 1.13. The normalized spacial score (nSPS) is 20.0. The van der Waals surface area contributed by atoms with Crippen LogP contribution in [0.1, 0.15) is 51.1 Å². The van der Waals surface area contributed by atoms with E-state index in [0.29, 0.717) is 40.5 Å². The second-order valence-corrected chi connectivity index (χ2v) is 9.89. The Labute approximate surface area is 195 Å². The van der Waals surface area contributed by atoms with Crippen molar-refractivity contribution in [3.63, 3.8) is 0 Å². The molecule has 0 saturated carbocycles. The zero-order chi connectivity index (χ0) is 23.0. The first-order valence-corrected chi connectivity index (χ1v) is 11.3. The molecule has 32 heavy (non-hydrogen) atoms. The summed E-state index contributed by atoms with van der Waals surface area (Å²) in [5.41, 5.74) is 2.36. The molecule has 0 bridgehead atoms. The van der Waals surface area contributed by atoms with E-state index in [1.807, 2.05) is 43.3 Å². The number of rotatable bonds is 5. The van der Waals surface area contributed by atoms with Crippen LogP contribution in [0.4, 0.5) is 0 Å². The van der Waals surface area contributed by atoms with Crippen LogP contribution >= 0.6 is 15.9 Å². The van der Waals surface area contributed by atoms with Crippen molar-refractivity contribution in [2.45, 2.75) is 46.1 Å². The smallest absolute Gasteiger partial charge is 0.336 e. The van der Waals surface area contributed by atoms with Crippen molar-refractivity contribution in [3.8, 4) is 5.75 Å². The Bertz CT molecular complexity index is 1140. The van der Waals surface area contributed by atoms with Gasteiger partial charge in [-0.05, 0) is 49.1 Å². The molecular formula is C25H26BrNO5. The lowest BCUT2D eigenvalue weighted by atomic mass is 9.69. The third-order valence-corrected chi connectivity index (χ3v) is 6.28. The molecular weight excluding hydrogens is 474 g/mol. The van der Waals surface area contributed by atoms with Crippen molar-refractivity contribution in [1.82, 2.24) is 5.32 Å². The van der Waals surface area contributed by atoms with Gasteiger partial charge in [0.15, 0.2) is 5.78 Å². The zero-order valence-electron chi connectivity index (χ0n) is 18.6. The standard InChI is InChI=1S/C25H26BrNO5/c1-14-21(24(29)30-4)23(22-18(27-14)11-25(2,3)12-19(22)28)20-9-8-17(32-20)13-31-16-7-5-6-15(26)10-16/h5-10,23,27H,11-13H2,1-4H3. The number of esters is 1. The number of Topliss-reactive ketones (excluding diaryl/α,β-unsaturated/α-hetero) is 1. The average Bonchev–Trinajstić information content (AvgIpc) is 3.18. The molecule has 1 aromatic heterocycles. The Morgan fingerprint density at radius 3 is 2.75 bits per heavy atom. The number of halogens is 1. The number of hydrogen-bond acceptors (Lipinski definition) is 6. The van der Waals surface area contributed by atoms with Crippen molar-refractivity contribution in [3.05, 3.63) is 74.9 Å². The second-order valence-electron chi connectivity index (χ2n) is 8.97. The first-order valence-electron chi connectivity index (χ1n) is 10.5. The SMILES string of the molecule is COC(=O)C1=C(C)NC2=C(C(=O)CC(C)(C)C2)C1c1ccc(COc2cccc(Br)c2)o1. The highest BCUT2D eigenvalue weighted by molar-refractivity contribution is 9.10. The number of benzene rings is 1. The maximum absolute atomic E-state index is 13.2. The molecule has 2 heterocycles. The molecule has 1 aromatic carbocycles. The lowest BCUT2D eigenvalue weighted by Crippen LogP contribution is -2.38. The van der Waals surface area contributed by atoms with Gasteiger partial charge < -0.3 is 19.2 Å². The third kappa shape index (κ3) is 4.39. The molecule has 4 rings (SSSR count). The van der Waals surface area contributed by atoms with Crippen LogP contribution in [0.5, 0.6) is 5.75 Å². The minimum atomic E-state index is -0.609. The number of ether oxygens (including phenoxy) is 2. The van der Waals surface area contributed by atoms with Gasteiger partial charge in [0.1, 0.15) is 23.9 Å². The van der Waals surface area contributed by atoms with E-state index in [2.05, 4.69) is 35.1 Å². The number of furan rings is 1. The number of nitrogens with one attached hydrogen (secondary N) is 1. The molecule has 0 spiro atoms. The first-order chi connectivity index (χ1) is 15.2. The highest BCUT2D eigenvalue weighted by Crippen LogP contribution is 2.47. The molecule has 0 saturated heterocycles. The molecule has 0 radical (unpaired) electrons. The maximum Gasteiger partial charge on any atom is 0.336 e. The molecule has 0 amide bonds. The predicted molar refractivity (Wildman–Crippen MR) is 123 cm³/mol. The van der Waals surface area contributed by atoms with Crippen LogP contribution in [0.15, 0.2) is 67.8 Å². The lowest BCUT2D eigenvalue weighted by Gasteiger charge is -2.38. The van der Waals surface area contributed by atoms with Crippen LogP contribution in [0.25, 0.3) is 0 Å². The highest BCUT2D eigenvalue weighted by Gasteiger charge is 2.44. The van der Waals surface area contributed by atoms with E-state index in [1.54, 1.807) is 0 Å². The fraction of sp³-hybridized carbons (Fsp3) is 0.360. The topological polar surface area (TPSA) is 77.8 Å². The van der Waals surface area contributed by atoms with Gasteiger partial charge in [-0.25, -0.2) is 4.79 Å². The molecule has 1 atom stereocenters. The Morgan fingerprint density at radius 2 is 2.03 bits per heavy atom. The summed E-state index contributed by atoms with van der Waals surface area (Å²) in [7, 11) is 1.34. The summed E-state index contributed by atoms with van der Waals surface area (Å²) in [5, 5.41) is 3.29. The van der Waals surface area contributed by atoms with E-state index < -0.39 is 11.9 Å². The van der Waals surface area contributed by atoms with E-state index in [0.717, 1.165) is 16.6 Å². The number of hydrogen-bond donors (Lipinski definition) is 1. The van der Waals surface area contributed by atoms with Crippen LogP contribution < -0.4 is 10.1 Å². The molecule has 168 valence electrons. The number of dihydropyridines is 1. The summed E-state index contributed by atoms with van der Waals surface area (Å²) >= 11 is 3.43. The van der Waals surface area contributed by atoms with Crippen LogP contribution in [0.2, 0.25) is 0 Å². The van der Waals surface area contributed by atoms with Crippen LogP contribution in [-0.4, -0.2) is 18.9 Å². The van der Waals surface area contributed by atoms with Gasteiger partial charge in [-0.15, -0.1) is 0 Å². The fourth-order valence-corrected chi connectivity index (χ4v) is 4.82. The third-order valence-electron chi connectivity index (χ3n) is 5.79. The molecule has 1 aliphatic heterocycles. The largest absolute Gasteiger partial charge is 0.486 e. The van der Waals surface area contributed by atoms with Crippen molar-refractivity contribution >= 4 is 27.7 Å². The Balaban J connectivity index is 1.68. The predicted octanol–water partition coefficient (Wildman–Crippen LogP) is 5.40. The maximum atomic E-state index is 13.2. The molecule has 1 aliphatic carbocycles. The van der Waals surface area contributed by atoms with Crippen LogP contribution in [0.3, 0.4) is 0 Å². The quantitative estimate of drug-likeness (QED) is 0.555. The van der Waals surface area contributed by atoms with E-state index in [-0.39, 0.29) is 17.8 Å². The molecule has 0 fully saturated rings. The highest BCUT2D eigenvalue weighted by atomic mass is 79.9. The minimum Gasteiger partial charge on any atom is -0.486 e. The molecule has 7 heteroatoms. The zero-order valence-corrected chi connectivity index (χ0v) is 20.2. The molecule has 1 N–H and O–H groups in total. The summed E-state index contributed by atoms with van der Waals surface area (Å²) < 4.78 is 17.9. The molecule has 1 unspecified atom stereocenters.